The van der Waals surface area contributed by atoms with Crippen molar-refractivity contribution in [3.63, 3.8) is 0 Å². The number of nitrogens with zero attached hydrogens (tertiary/aromatic N) is 1. The number of aliphatic carboxylic acids is 1. The third-order valence-corrected chi connectivity index (χ3v) is 8.18. The van der Waals surface area contributed by atoms with Crippen LogP contribution in [-0.4, -0.2) is 47.2 Å². The number of alkyl halides is 3. The van der Waals surface area contributed by atoms with Crippen molar-refractivity contribution >= 4 is 35.1 Å². The number of piperidine rings is 2. The summed E-state index contributed by atoms with van der Waals surface area (Å²) in [4.78, 5) is 27.9. The van der Waals surface area contributed by atoms with E-state index in [-0.39, 0.29) is 6.04 Å². The van der Waals surface area contributed by atoms with Crippen LogP contribution in [0.15, 0.2) is 48.5 Å². The molecule has 0 aromatic heterocycles. The van der Waals surface area contributed by atoms with Crippen LogP contribution in [-0.2, 0) is 9.59 Å². The maximum atomic E-state index is 14.3. The summed E-state index contributed by atoms with van der Waals surface area (Å²) in [7, 11) is 0. The number of nitrogens with one attached hydrogen (secondary N) is 1. The van der Waals surface area contributed by atoms with Gasteiger partial charge in [0.2, 0.25) is 5.91 Å². The minimum atomic E-state index is -4.62. The third-order valence-electron chi connectivity index (χ3n) is 7.69. The fourth-order valence-electron chi connectivity index (χ4n) is 6.11. The molecule has 2 aliphatic rings. The van der Waals surface area contributed by atoms with Gasteiger partial charge in [-0.15, -0.1) is 0 Å². The van der Waals surface area contributed by atoms with Gasteiger partial charge in [0.1, 0.15) is 0 Å². The summed E-state index contributed by atoms with van der Waals surface area (Å²) in [5.74, 6) is -4.11. The smallest absolute Gasteiger partial charge is 0.389 e. The molecule has 2 saturated heterocycles. The van der Waals surface area contributed by atoms with Crippen molar-refractivity contribution in [1.29, 1.82) is 0 Å². The summed E-state index contributed by atoms with van der Waals surface area (Å²) < 4.78 is 42.4. The third kappa shape index (κ3) is 5.91. The normalized spacial score (nSPS) is 28.8. The van der Waals surface area contributed by atoms with E-state index in [2.05, 4.69) is 5.32 Å². The molecule has 0 spiro atoms. The Labute approximate surface area is 223 Å². The molecule has 2 heterocycles. The van der Waals surface area contributed by atoms with Gasteiger partial charge in [0.05, 0.1) is 17.9 Å². The standard InChI is InChI=1S/C27H29Cl2F3N2O3/c1-26(14-22(35)36)21(13-27(30,31)32)23(17-4-2-5-19(29)12-17)24(16-7-9-18(28)10-8-16)34(25(26)37)20-6-3-11-33-15-20/h2,4-5,7-10,12,20-21,23-24,33H,3,6,11,13-15H2,1H3,(H,35,36)/t20-,21?,23?,24-,26-/m1/s1. The zero-order valence-corrected chi connectivity index (χ0v) is 21.8. The monoisotopic (exact) mass is 556 g/mol. The molecule has 2 aromatic rings. The molecule has 2 unspecified atom stereocenters. The average Bonchev–Trinajstić information content (AvgIpc) is 2.82. The highest BCUT2D eigenvalue weighted by molar-refractivity contribution is 6.30. The Morgan fingerprint density at radius 3 is 2.41 bits per heavy atom. The maximum Gasteiger partial charge on any atom is 0.389 e. The minimum Gasteiger partial charge on any atom is -0.481 e. The molecule has 10 heteroatoms. The number of hydrogen-bond acceptors (Lipinski definition) is 3. The lowest BCUT2D eigenvalue weighted by atomic mass is 9.58. The van der Waals surface area contributed by atoms with Gasteiger partial charge >= 0.3 is 12.1 Å². The lowest BCUT2D eigenvalue weighted by Crippen LogP contribution is -2.62. The Hall–Kier alpha value is -2.29. The number of halogens is 5. The van der Waals surface area contributed by atoms with Gasteiger partial charge in [-0.25, -0.2) is 0 Å². The SMILES string of the molecule is C[C@]1(CC(=O)O)C(=O)N([C@@H]2CCCNC2)[C@H](c2ccc(Cl)cc2)C(c2cccc(Cl)c2)C1CC(F)(F)F. The molecule has 0 radical (unpaired) electrons. The van der Waals surface area contributed by atoms with Crippen LogP contribution in [0.4, 0.5) is 13.2 Å². The molecule has 1 amide bonds. The Morgan fingerprint density at radius 1 is 1.14 bits per heavy atom. The van der Waals surface area contributed by atoms with E-state index < -0.39 is 54.2 Å². The number of carbonyl (C=O) groups is 2. The second-order valence-corrected chi connectivity index (χ2v) is 11.1. The molecule has 0 aliphatic carbocycles. The highest BCUT2D eigenvalue weighted by Crippen LogP contribution is 2.58. The quantitative estimate of drug-likeness (QED) is 0.428. The van der Waals surface area contributed by atoms with Gasteiger partial charge in [0.15, 0.2) is 0 Å². The van der Waals surface area contributed by atoms with Crippen LogP contribution in [0.25, 0.3) is 0 Å². The van der Waals surface area contributed by atoms with Crippen LogP contribution in [0.3, 0.4) is 0 Å². The van der Waals surface area contributed by atoms with Crippen LogP contribution in [0.1, 0.15) is 55.7 Å². The van der Waals surface area contributed by atoms with Gasteiger partial charge in [-0.05, 0) is 67.6 Å². The second kappa shape index (κ2) is 10.8. The Morgan fingerprint density at radius 2 is 1.84 bits per heavy atom. The molecule has 200 valence electrons. The molecular weight excluding hydrogens is 528 g/mol. The van der Waals surface area contributed by atoms with Crippen LogP contribution < -0.4 is 5.32 Å². The van der Waals surface area contributed by atoms with Gasteiger partial charge in [-0.2, -0.15) is 13.2 Å². The van der Waals surface area contributed by atoms with E-state index >= 15 is 0 Å². The number of hydrogen-bond donors (Lipinski definition) is 2. The van der Waals surface area contributed by atoms with E-state index in [0.29, 0.717) is 34.1 Å². The van der Waals surface area contributed by atoms with Gasteiger partial charge < -0.3 is 15.3 Å². The highest BCUT2D eigenvalue weighted by Gasteiger charge is 2.60. The first-order chi connectivity index (χ1) is 17.4. The summed E-state index contributed by atoms with van der Waals surface area (Å²) in [5.41, 5.74) is -0.633. The first-order valence-corrected chi connectivity index (χ1v) is 13.0. The van der Waals surface area contributed by atoms with Gasteiger partial charge in [0, 0.05) is 35.0 Å². The summed E-state index contributed by atoms with van der Waals surface area (Å²) in [6, 6.07) is 12.3. The molecule has 5 nitrogen and oxygen atoms in total. The number of rotatable bonds is 6. The number of carboxylic acids is 1. The highest BCUT2D eigenvalue weighted by atomic mass is 35.5. The zero-order chi connectivity index (χ0) is 27.0. The molecule has 37 heavy (non-hydrogen) atoms. The van der Waals surface area contributed by atoms with Crippen LogP contribution in [0.2, 0.25) is 10.0 Å². The fraction of sp³-hybridized carbons (Fsp3) is 0.481. The fourth-order valence-corrected chi connectivity index (χ4v) is 6.44. The number of benzene rings is 2. The minimum absolute atomic E-state index is 0.316. The second-order valence-electron chi connectivity index (χ2n) is 10.2. The average molecular weight is 557 g/mol. The predicted molar refractivity (Wildman–Crippen MR) is 136 cm³/mol. The summed E-state index contributed by atoms with van der Waals surface area (Å²) in [5, 5.41) is 13.9. The van der Waals surface area contributed by atoms with Crippen molar-refractivity contribution in [3.05, 3.63) is 69.7 Å². The van der Waals surface area contributed by atoms with Crippen molar-refractivity contribution in [2.24, 2.45) is 11.3 Å². The van der Waals surface area contributed by atoms with E-state index in [1.54, 1.807) is 53.4 Å². The Balaban J connectivity index is 2.00. The molecule has 2 aromatic carbocycles. The van der Waals surface area contributed by atoms with E-state index in [0.717, 1.165) is 13.0 Å². The van der Waals surface area contributed by atoms with Crippen molar-refractivity contribution in [3.8, 4) is 0 Å². The zero-order valence-electron chi connectivity index (χ0n) is 20.3. The molecule has 0 saturated carbocycles. The van der Waals surface area contributed by atoms with Gasteiger partial charge in [-0.1, -0.05) is 47.5 Å². The number of carboxylic acid groups (broad SMARTS) is 1. The molecule has 2 aliphatic heterocycles. The lowest BCUT2D eigenvalue weighted by molar-refractivity contribution is -0.187. The molecule has 5 atom stereocenters. The van der Waals surface area contributed by atoms with Gasteiger partial charge in [0.25, 0.3) is 0 Å². The largest absolute Gasteiger partial charge is 0.481 e. The van der Waals surface area contributed by atoms with Crippen molar-refractivity contribution in [2.75, 3.05) is 13.1 Å². The van der Waals surface area contributed by atoms with E-state index in [1.807, 2.05) is 0 Å². The van der Waals surface area contributed by atoms with Crippen molar-refractivity contribution in [2.45, 2.75) is 56.8 Å². The molecular formula is C27H29Cl2F3N2O3. The molecule has 2 N–H and O–H groups in total. The predicted octanol–water partition coefficient (Wildman–Crippen LogP) is 6.46. The Kier molecular flexibility index (Phi) is 8.12. The number of carbonyl (C=O) groups excluding carboxylic acids is 1. The maximum absolute atomic E-state index is 14.3. The van der Waals surface area contributed by atoms with Crippen LogP contribution in [0, 0.1) is 11.3 Å². The molecule has 0 bridgehead atoms. The first kappa shape index (κ1) is 27.7. The molecule has 4 rings (SSSR count). The van der Waals surface area contributed by atoms with Crippen LogP contribution in [0.5, 0.6) is 0 Å². The summed E-state index contributed by atoms with van der Waals surface area (Å²) >= 11 is 12.4. The lowest BCUT2D eigenvalue weighted by Gasteiger charge is -2.56. The van der Waals surface area contributed by atoms with E-state index in [4.69, 9.17) is 23.2 Å². The van der Waals surface area contributed by atoms with Gasteiger partial charge in [-0.3, -0.25) is 9.59 Å². The number of amides is 1. The summed E-state index contributed by atoms with van der Waals surface area (Å²) in [6.07, 6.45) is -5.21. The first-order valence-electron chi connectivity index (χ1n) is 12.2. The van der Waals surface area contributed by atoms with Crippen LogP contribution >= 0.6 is 23.2 Å². The number of likely N-dealkylation sites (tertiary alicyclic amines) is 1. The topological polar surface area (TPSA) is 69.6 Å². The van der Waals surface area contributed by atoms with Crippen molar-refractivity contribution in [1.82, 2.24) is 10.2 Å². The van der Waals surface area contributed by atoms with Crippen molar-refractivity contribution < 1.29 is 27.9 Å². The van der Waals surface area contributed by atoms with E-state index in [9.17, 15) is 27.9 Å². The Bertz CT molecular complexity index is 1140. The summed E-state index contributed by atoms with van der Waals surface area (Å²) in [6.45, 7) is 2.61. The molecule has 2 fully saturated rings. The van der Waals surface area contributed by atoms with E-state index in [1.165, 1.54) is 6.92 Å².